The minimum atomic E-state index is -0.125. The first kappa shape index (κ1) is 33.2. The van der Waals surface area contributed by atoms with E-state index >= 15 is 0 Å². The molecule has 10 nitrogen and oxygen atoms in total. The van der Waals surface area contributed by atoms with Crippen LogP contribution in [-0.2, 0) is 0 Å². The van der Waals surface area contributed by atoms with E-state index in [1.54, 1.807) is 53.2 Å². The van der Waals surface area contributed by atoms with Crippen LogP contribution in [0.1, 0.15) is 18.1 Å². The second kappa shape index (κ2) is 14.3. The van der Waals surface area contributed by atoms with Crippen molar-refractivity contribution in [3.8, 4) is 47.1 Å². The largest absolute Gasteiger partial charge is 0.480 e. The number of aromatic nitrogens is 6. The molecular weight excluding hydrogens is 681 g/mol. The van der Waals surface area contributed by atoms with E-state index < -0.39 is 0 Å². The molecule has 0 atom stereocenters. The Morgan fingerprint density at radius 1 is 0.667 bits per heavy atom. The predicted octanol–water partition coefficient (Wildman–Crippen LogP) is 7.02. The molecule has 0 saturated heterocycles. The number of rotatable bonds is 6. The van der Waals surface area contributed by atoms with Crippen molar-refractivity contribution in [1.29, 1.82) is 0 Å². The Morgan fingerprint density at radius 3 is 1.55 bits per heavy atom. The van der Waals surface area contributed by atoms with Crippen molar-refractivity contribution in [1.82, 2.24) is 29.1 Å². The van der Waals surface area contributed by atoms with E-state index in [9.17, 15) is 9.59 Å². The maximum Gasteiger partial charge on any atom is 0.275 e. The van der Waals surface area contributed by atoms with E-state index in [0.29, 0.717) is 36.8 Å². The van der Waals surface area contributed by atoms with Gasteiger partial charge in [-0.25, -0.2) is 19.9 Å². The monoisotopic (exact) mass is 708 g/mol. The maximum absolute atomic E-state index is 13.0. The summed E-state index contributed by atoms with van der Waals surface area (Å²) < 4.78 is 15.5. The molecule has 0 aliphatic carbocycles. The van der Waals surface area contributed by atoms with Crippen LogP contribution in [0.15, 0.2) is 95.3 Å². The molecule has 12 heteroatoms. The van der Waals surface area contributed by atoms with Gasteiger partial charge in [-0.3, -0.25) is 18.7 Å². The van der Waals surface area contributed by atoms with Crippen LogP contribution >= 0.6 is 22.7 Å². The molecule has 0 fully saturated rings. The SMILES string of the molecule is C#CCOc1ccnc2sc3c(=O)n(-c4ccc(C)cc4)cnc3c12.CC#CCOc1ccnc2sc3c(=O)n(-c4ccc(C)cc4)cnc3c12. The Kier molecular flexibility index (Phi) is 9.27. The van der Waals surface area contributed by atoms with Gasteiger partial charge in [-0.05, 0) is 57.2 Å². The lowest BCUT2D eigenvalue weighted by Crippen LogP contribution is -2.17. The topological polar surface area (TPSA) is 114 Å². The summed E-state index contributed by atoms with van der Waals surface area (Å²) in [4.78, 5) is 45.1. The van der Waals surface area contributed by atoms with Crippen LogP contribution in [0.3, 0.4) is 0 Å². The maximum atomic E-state index is 13.0. The van der Waals surface area contributed by atoms with Gasteiger partial charge in [0.1, 0.15) is 67.5 Å². The highest BCUT2D eigenvalue weighted by atomic mass is 32.1. The minimum absolute atomic E-state index is 0.110. The third kappa shape index (κ3) is 6.42. The van der Waals surface area contributed by atoms with Crippen LogP contribution in [-0.4, -0.2) is 42.3 Å². The molecule has 6 aromatic heterocycles. The Bertz CT molecular complexity index is 2800. The molecule has 8 rings (SSSR count). The summed E-state index contributed by atoms with van der Waals surface area (Å²) >= 11 is 2.64. The van der Waals surface area contributed by atoms with E-state index in [2.05, 4.69) is 37.7 Å². The van der Waals surface area contributed by atoms with Crippen LogP contribution in [0.5, 0.6) is 11.5 Å². The van der Waals surface area contributed by atoms with Gasteiger partial charge in [0.2, 0.25) is 0 Å². The molecule has 0 N–H and O–H groups in total. The summed E-state index contributed by atoms with van der Waals surface area (Å²) in [6.45, 7) is 6.21. The molecule has 0 radical (unpaired) electrons. The van der Waals surface area contributed by atoms with Gasteiger partial charge in [-0.1, -0.05) is 47.2 Å². The van der Waals surface area contributed by atoms with E-state index in [-0.39, 0.29) is 24.3 Å². The number of hydrogen-bond acceptors (Lipinski definition) is 10. The fraction of sp³-hybridized carbons (Fsp3) is 0.128. The number of fused-ring (bicyclic) bond motifs is 6. The van der Waals surface area contributed by atoms with Gasteiger partial charge in [-0.15, -0.1) is 35.0 Å². The number of pyridine rings is 2. The summed E-state index contributed by atoms with van der Waals surface area (Å²) in [6.07, 6.45) is 11.7. The van der Waals surface area contributed by atoms with Gasteiger partial charge < -0.3 is 9.47 Å². The minimum Gasteiger partial charge on any atom is -0.480 e. The highest BCUT2D eigenvalue weighted by Crippen LogP contribution is 2.36. The number of hydrogen-bond donors (Lipinski definition) is 0. The zero-order chi connectivity index (χ0) is 35.5. The first-order valence-corrected chi connectivity index (χ1v) is 17.3. The standard InChI is InChI=1S/C20H15N3O2S.C19H13N3O2S/c1-3-4-11-25-15-9-10-21-19-16(15)17-18(26-19)20(24)23(12-22-17)14-7-5-13(2)6-8-14;1-3-10-24-14-8-9-20-18-15(14)16-17(25-18)19(23)22(11-21-16)13-6-4-12(2)5-7-13/h5-10,12H,11H2,1-2H3;1,4-9,11H,10H2,2H3. The van der Waals surface area contributed by atoms with Crippen molar-refractivity contribution in [3.05, 3.63) is 118 Å². The van der Waals surface area contributed by atoms with Crippen LogP contribution in [0.25, 0.3) is 52.2 Å². The number of benzene rings is 2. The van der Waals surface area contributed by atoms with Crippen molar-refractivity contribution in [2.45, 2.75) is 20.8 Å². The predicted molar refractivity (Wildman–Crippen MR) is 204 cm³/mol. The Labute approximate surface area is 299 Å². The van der Waals surface area contributed by atoms with Gasteiger partial charge in [0.25, 0.3) is 11.1 Å². The summed E-state index contributed by atoms with van der Waals surface area (Å²) in [6, 6.07) is 19.0. The number of thiophene rings is 2. The van der Waals surface area contributed by atoms with Crippen molar-refractivity contribution < 1.29 is 9.47 Å². The Balaban J connectivity index is 0.000000159. The van der Waals surface area contributed by atoms with Crippen molar-refractivity contribution in [2.75, 3.05) is 13.2 Å². The molecule has 0 bridgehead atoms. The molecule has 0 unspecified atom stereocenters. The smallest absolute Gasteiger partial charge is 0.275 e. The molecular formula is C39H28N6O4S2. The Hall–Kier alpha value is -6.34. The normalized spacial score (nSPS) is 10.8. The highest BCUT2D eigenvalue weighted by molar-refractivity contribution is 7.25. The zero-order valence-electron chi connectivity index (χ0n) is 27.7. The van der Waals surface area contributed by atoms with Crippen LogP contribution in [0.2, 0.25) is 0 Å². The number of aryl methyl sites for hydroxylation is 2. The molecule has 0 spiro atoms. The average molecular weight is 709 g/mol. The molecule has 0 aliphatic rings. The van der Waals surface area contributed by atoms with Gasteiger partial charge in [0.15, 0.2) is 0 Å². The fourth-order valence-electron chi connectivity index (χ4n) is 5.38. The number of nitrogens with zero attached hydrogens (tertiary/aromatic N) is 6. The number of ether oxygens (including phenoxy) is 2. The average Bonchev–Trinajstić information content (AvgIpc) is 3.73. The quantitative estimate of drug-likeness (QED) is 0.169. The zero-order valence-corrected chi connectivity index (χ0v) is 29.3. The molecule has 6 heterocycles. The highest BCUT2D eigenvalue weighted by Gasteiger charge is 2.18. The van der Waals surface area contributed by atoms with Crippen molar-refractivity contribution >= 4 is 63.5 Å². The van der Waals surface area contributed by atoms with E-state index in [4.69, 9.17) is 15.9 Å². The third-order valence-corrected chi connectivity index (χ3v) is 10.0. The van der Waals surface area contributed by atoms with Crippen molar-refractivity contribution in [3.63, 3.8) is 0 Å². The van der Waals surface area contributed by atoms with Crippen LogP contribution < -0.4 is 20.6 Å². The fourth-order valence-corrected chi connectivity index (χ4v) is 7.46. The van der Waals surface area contributed by atoms with Gasteiger partial charge >= 0.3 is 0 Å². The first-order valence-electron chi connectivity index (χ1n) is 15.7. The lowest BCUT2D eigenvalue weighted by atomic mass is 10.2. The lowest BCUT2D eigenvalue weighted by Gasteiger charge is -2.06. The van der Waals surface area contributed by atoms with Crippen LogP contribution in [0.4, 0.5) is 0 Å². The number of terminal acetylenes is 1. The summed E-state index contributed by atoms with van der Waals surface area (Å²) in [5, 5.41) is 1.49. The van der Waals surface area contributed by atoms with E-state index in [1.165, 1.54) is 22.7 Å². The summed E-state index contributed by atoms with van der Waals surface area (Å²) in [7, 11) is 0. The molecule has 2 aromatic carbocycles. The third-order valence-electron chi connectivity index (χ3n) is 7.90. The molecule has 0 aliphatic heterocycles. The second-order valence-corrected chi connectivity index (χ2v) is 13.3. The van der Waals surface area contributed by atoms with Gasteiger partial charge in [0, 0.05) is 12.4 Å². The van der Waals surface area contributed by atoms with Gasteiger partial charge in [-0.2, -0.15) is 0 Å². The first-order chi connectivity index (χ1) is 24.9. The van der Waals surface area contributed by atoms with E-state index in [0.717, 1.165) is 38.1 Å². The molecule has 0 amide bonds. The molecule has 250 valence electrons. The summed E-state index contributed by atoms with van der Waals surface area (Å²) in [5.74, 6) is 9.35. The second-order valence-electron chi connectivity index (χ2n) is 11.3. The molecule has 0 saturated carbocycles. The lowest BCUT2D eigenvalue weighted by molar-refractivity contribution is 0.374. The molecule has 51 heavy (non-hydrogen) atoms. The summed E-state index contributed by atoms with van der Waals surface area (Å²) in [5.41, 5.74) is 4.81. The van der Waals surface area contributed by atoms with Gasteiger partial charge in [0.05, 0.1) is 22.1 Å². The molecule has 8 aromatic rings. The Morgan fingerprint density at radius 2 is 1.12 bits per heavy atom. The van der Waals surface area contributed by atoms with E-state index in [1.807, 2.05) is 62.4 Å². The van der Waals surface area contributed by atoms with Crippen LogP contribution in [0, 0.1) is 38.0 Å². The van der Waals surface area contributed by atoms with Crippen molar-refractivity contribution in [2.24, 2.45) is 0 Å².